The van der Waals surface area contributed by atoms with Crippen LogP contribution in [0.5, 0.6) is 11.6 Å². The second-order valence-electron chi connectivity index (χ2n) is 3.59. The fraction of sp³-hybridized carbons (Fsp3) is 0.273. The molecule has 0 aliphatic carbocycles. The van der Waals surface area contributed by atoms with Crippen molar-refractivity contribution in [2.75, 3.05) is 12.9 Å². The zero-order valence-corrected chi connectivity index (χ0v) is 11.8. The Morgan fingerprint density at radius 2 is 2.11 bits per heavy atom. The van der Waals surface area contributed by atoms with E-state index in [0.29, 0.717) is 11.4 Å². The van der Waals surface area contributed by atoms with Gasteiger partial charge in [-0.1, -0.05) is 11.6 Å². The first-order valence-corrected chi connectivity index (χ1v) is 7.33. The topological polar surface area (TPSA) is 78.4 Å². The van der Waals surface area contributed by atoms with Gasteiger partial charge in [0.05, 0.1) is 24.6 Å². The summed E-state index contributed by atoms with van der Waals surface area (Å²) < 4.78 is 33.1. The van der Waals surface area contributed by atoms with Crippen molar-refractivity contribution in [2.24, 2.45) is 0 Å². The van der Waals surface area contributed by atoms with E-state index in [9.17, 15) is 8.42 Å². The average molecular weight is 303 g/mol. The predicted octanol–water partition coefficient (Wildman–Crippen LogP) is 2.02. The molecule has 0 unspecified atom stereocenters. The quantitative estimate of drug-likeness (QED) is 0.804. The molecule has 0 fully saturated rings. The van der Waals surface area contributed by atoms with Gasteiger partial charge in [0.25, 0.3) is 0 Å². The van der Waals surface area contributed by atoms with Crippen LogP contribution in [-0.2, 0) is 10.1 Å². The average Bonchev–Trinajstić information content (AvgIpc) is 2.41. The monoisotopic (exact) mass is 302 g/mol. The molecule has 0 N–H and O–H groups in total. The molecule has 2 rings (SSSR count). The second kappa shape index (κ2) is 5.18. The minimum Gasteiger partial charge on any atom is -0.481 e. The van der Waals surface area contributed by atoms with E-state index < -0.39 is 10.1 Å². The third-order valence-electron chi connectivity index (χ3n) is 2.37. The highest BCUT2D eigenvalue weighted by Crippen LogP contribution is 2.32. The summed E-state index contributed by atoms with van der Waals surface area (Å²) in [7, 11) is -2.25. The summed E-state index contributed by atoms with van der Waals surface area (Å²) in [6.45, 7) is 1.47. The smallest absolute Gasteiger partial charge is 0.309 e. The number of hydrogen-bond donors (Lipinski definition) is 0. The molecule has 0 amide bonds. The van der Waals surface area contributed by atoms with Gasteiger partial charge in [-0.15, -0.1) is 0 Å². The van der Waals surface area contributed by atoms with Gasteiger partial charge >= 0.3 is 10.1 Å². The van der Waals surface area contributed by atoms with Crippen molar-refractivity contribution in [2.45, 2.75) is 6.92 Å². The molecule has 0 spiro atoms. The maximum Gasteiger partial charge on any atom is 0.309 e. The maximum absolute atomic E-state index is 11.6. The van der Waals surface area contributed by atoms with Crippen molar-refractivity contribution in [1.29, 1.82) is 0 Å². The van der Waals surface area contributed by atoms with Gasteiger partial charge in [-0.05, 0) is 13.0 Å². The SMILES string of the molecule is CCS(=O)(=O)Oc1c(Cl)cnc2ccc(OC)nc12. The van der Waals surface area contributed by atoms with Crippen LogP contribution in [0.25, 0.3) is 11.0 Å². The van der Waals surface area contributed by atoms with Gasteiger partial charge in [-0.2, -0.15) is 8.42 Å². The first-order valence-electron chi connectivity index (χ1n) is 5.38. The van der Waals surface area contributed by atoms with E-state index in [2.05, 4.69) is 9.97 Å². The van der Waals surface area contributed by atoms with E-state index in [1.165, 1.54) is 20.2 Å². The molecule has 0 saturated heterocycles. The Morgan fingerprint density at radius 1 is 1.37 bits per heavy atom. The summed E-state index contributed by atoms with van der Waals surface area (Å²) in [5.41, 5.74) is 0.704. The van der Waals surface area contributed by atoms with Crippen molar-refractivity contribution in [3.05, 3.63) is 23.4 Å². The molecule has 6 nitrogen and oxygen atoms in total. The lowest BCUT2D eigenvalue weighted by molar-refractivity contribution is 0.399. The Morgan fingerprint density at radius 3 is 2.74 bits per heavy atom. The van der Waals surface area contributed by atoms with Crippen LogP contribution in [0.4, 0.5) is 0 Å². The fourth-order valence-corrected chi connectivity index (χ4v) is 2.15. The van der Waals surface area contributed by atoms with Crippen LogP contribution >= 0.6 is 11.6 Å². The van der Waals surface area contributed by atoms with Gasteiger partial charge in [0.15, 0.2) is 5.75 Å². The van der Waals surface area contributed by atoms with Gasteiger partial charge in [0.2, 0.25) is 5.88 Å². The molecule has 0 atom stereocenters. The zero-order chi connectivity index (χ0) is 14.0. The zero-order valence-electron chi connectivity index (χ0n) is 10.3. The summed E-state index contributed by atoms with van der Waals surface area (Å²) >= 11 is 5.93. The Labute approximate surface area is 115 Å². The van der Waals surface area contributed by atoms with E-state index in [1.807, 2.05) is 0 Å². The first kappa shape index (κ1) is 13.8. The Balaban J connectivity index is 2.66. The third kappa shape index (κ3) is 2.87. The number of hydrogen-bond acceptors (Lipinski definition) is 6. The maximum atomic E-state index is 11.6. The van der Waals surface area contributed by atoms with Crippen LogP contribution in [-0.4, -0.2) is 31.2 Å². The Hall–Kier alpha value is -1.60. The summed E-state index contributed by atoms with van der Waals surface area (Å²) in [4.78, 5) is 8.16. The molecule has 19 heavy (non-hydrogen) atoms. The number of rotatable bonds is 4. The van der Waals surface area contributed by atoms with Gasteiger partial charge < -0.3 is 8.92 Å². The van der Waals surface area contributed by atoms with Crippen molar-refractivity contribution >= 4 is 32.8 Å². The molecule has 0 aromatic carbocycles. The largest absolute Gasteiger partial charge is 0.481 e. The highest BCUT2D eigenvalue weighted by Gasteiger charge is 2.18. The molecule has 0 bridgehead atoms. The minimum atomic E-state index is -3.70. The first-order chi connectivity index (χ1) is 8.96. The van der Waals surface area contributed by atoms with Crippen LogP contribution in [0, 0.1) is 0 Å². The van der Waals surface area contributed by atoms with E-state index >= 15 is 0 Å². The highest BCUT2D eigenvalue weighted by molar-refractivity contribution is 7.87. The molecule has 2 aromatic rings. The summed E-state index contributed by atoms with van der Waals surface area (Å²) in [6, 6.07) is 3.25. The molecular formula is C11H11ClN2O4S. The molecule has 102 valence electrons. The summed E-state index contributed by atoms with van der Waals surface area (Å²) in [5, 5.41) is 0.0743. The van der Waals surface area contributed by atoms with E-state index in [4.69, 9.17) is 20.5 Å². The fourth-order valence-electron chi connectivity index (χ4n) is 1.38. The number of pyridine rings is 2. The summed E-state index contributed by atoms with van der Waals surface area (Å²) in [5.74, 6) is 0.111. The van der Waals surface area contributed by atoms with Crippen LogP contribution in [0.1, 0.15) is 6.92 Å². The number of fused-ring (bicyclic) bond motifs is 1. The van der Waals surface area contributed by atoms with Crippen LogP contribution in [0.15, 0.2) is 18.3 Å². The molecule has 0 saturated carbocycles. The van der Waals surface area contributed by atoms with Crippen LogP contribution in [0.2, 0.25) is 5.02 Å². The lowest BCUT2D eigenvalue weighted by Crippen LogP contribution is -2.12. The number of halogens is 1. The van der Waals surface area contributed by atoms with Crippen LogP contribution < -0.4 is 8.92 Å². The van der Waals surface area contributed by atoms with E-state index in [-0.39, 0.29) is 22.0 Å². The number of ether oxygens (including phenoxy) is 1. The van der Waals surface area contributed by atoms with Gasteiger partial charge in [-0.25, -0.2) is 4.98 Å². The summed E-state index contributed by atoms with van der Waals surface area (Å²) in [6.07, 6.45) is 1.32. The molecule has 2 aromatic heterocycles. The van der Waals surface area contributed by atoms with Crippen molar-refractivity contribution in [3.63, 3.8) is 0 Å². The molecule has 0 aliphatic heterocycles. The second-order valence-corrected chi connectivity index (χ2v) is 5.85. The van der Waals surface area contributed by atoms with Gasteiger partial charge in [0, 0.05) is 6.07 Å². The van der Waals surface area contributed by atoms with E-state index in [0.717, 1.165) is 0 Å². The van der Waals surface area contributed by atoms with Crippen molar-refractivity contribution in [3.8, 4) is 11.6 Å². The standard InChI is InChI=1S/C11H11ClN2O4S/c1-3-19(15,16)18-11-7(12)6-13-8-4-5-9(17-2)14-10(8)11/h4-6H,3H2,1-2H3. The van der Waals surface area contributed by atoms with Gasteiger partial charge in [-0.3, -0.25) is 4.98 Å². The number of nitrogens with zero attached hydrogens (tertiary/aromatic N) is 2. The molecule has 2 heterocycles. The lowest BCUT2D eigenvalue weighted by atomic mass is 10.3. The Kier molecular flexibility index (Phi) is 3.77. The molecular weight excluding hydrogens is 292 g/mol. The molecule has 8 heteroatoms. The van der Waals surface area contributed by atoms with Crippen molar-refractivity contribution in [1.82, 2.24) is 9.97 Å². The lowest BCUT2D eigenvalue weighted by Gasteiger charge is -2.09. The minimum absolute atomic E-state index is 0.0348. The third-order valence-corrected chi connectivity index (χ3v) is 3.77. The van der Waals surface area contributed by atoms with Gasteiger partial charge in [0.1, 0.15) is 10.5 Å². The van der Waals surface area contributed by atoms with E-state index in [1.54, 1.807) is 12.1 Å². The number of aromatic nitrogens is 2. The molecule has 0 radical (unpaired) electrons. The van der Waals surface area contributed by atoms with Crippen molar-refractivity contribution < 1.29 is 17.3 Å². The Bertz CT molecular complexity index is 718. The predicted molar refractivity (Wildman–Crippen MR) is 71.2 cm³/mol. The highest BCUT2D eigenvalue weighted by atomic mass is 35.5. The molecule has 0 aliphatic rings. The normalized spacial score (nSPS) is 11.5. The number of methoxy groups -OCH3 is 1. The van der Waals surface area contributed by atoms with Crippen LogP contribution in [0.3, 0.4) is 0 Å².